The van der Waals surface area contributed by atoms with Gasteiger partial charge in [0.2, 0.25) is 0 Å². The highest BCUT2D eigenvalue weighted by Crippen LogP contribution is 2.37. The summed E-state index contributed by atoms with van der Waals surface area (Å²) in [5.41, 5.74) is 2.52. The number of thiophene rings is 1. The van der Waals surface area contributed by atoms with Crippen molar-refractivity contribution in [3.63, 3.8) is 0 Å². The zero-order chi connectivity index (χ0) is 16.2. The smallest absolute Gasteiger partial charge is 0.118 e. The van der Waals surface area contributed by atoms with Crippen molar-refractivity contribution in [3.8, 4) is 11.5 Å². The normalized spacial score (nSPS) is 10.8. The molecule has 0 saturated carbocycles. The summed E-state index contributed by atoms with van der Waals surface area (Å²) < 4.78 is 10.6. The van der Waals surface area contributed by atoms with Gasteiger partial charge in [0.15, 0.2) is 0 Å². The van der Waals surface area contributed by atoms with Gasteiger partial charge in [0.05, 0.1) is 14.2 Å². The SMILES string of the molecule is COc1ccc(C(c2ccc(OC)cc2)c2ccc(C)s2)cc1. The number of aryl methyl sites for hydroxylation is 1. The van der Waals surface area contributed by atoms with Crippen LogP contribution in [0.5, 0.6) is 11.5 Å². The lowest BCUT2D eigenvalue weighted by molar-refractivity contribution is 0.414. The Morgan fingerprint density at radius 3 is 1.52 bits per heavy atom. The van der Waals surface area contributed by atoms with Crippen molar-refractivity contribution in [2.75, 3.05) is 14.2 Å². The van der Waals surface area contributed by atoms with Gasteiger partial charge in [-0.2, -0.15) is 0 Å². The Kier molecular flexibility index (Phi) is 4.68. The van der Waals surface area contributed by atoms with Gasteiger partial charge in [-0.05, 0) is 54.4 Å². The maximum Gasteiger partial charge on any atom is 0.118 e. The van der Waals surface area contributed by atoms with Crippen molar-refractivity contribution >= 4 is 11.3 Å². The van der Waals surface area contributed by atoms with Crippen molar-refractivity contribution < 1.29 is 9.47 Å². The Morgan fingerprint density at radius 1 is 0.696 bits per heavy atom. The molecule has 0 amide bonds. The minimum Gasteiger partial charge on any atom is -0.497 e. The van der Waals surface area contributed by atoms with Gasteiger partial charge in [0.25, 0.3) is 0 Å². The molecular formula is C20H20O2S. The van der Waals surface area contributed by atoms with Crippen LogP contribution in [-0.4, -0.2) is 14.2 Å². The molecule has 2 nitrogen and oxygen atoms in total. The van der Waals surface area contributed by atoms with Crippen LogP contribution in [-0.2, 0) is 0 Å². The molecule has 3 rings (SSSR count). The molecule has 0 bridgehead atoms. The van der Waals surface area contributed by atoms with E-state index >= 15 is 0 Å². The Hall–Kier alpha value is -2.26. The van der Waals surface area contributed by atoms with Crippen LogP contribution in [0.3, 0.4) is 0 Å². The second-order valence-electron chi connectivity index (χ2n) is 5.43. The monoisotopic (exact) mass is 324 g/mol. The van der Waals surface area contributed by atoms with Crippen molar-refractivity contribution in [1.29, 1.82) is 0 Å². The molecule has 0 unspecified atom stereocenters. The second-order valence-corrected chi connectivity index (χ2v) is 6.75. The van der Waals surface area contributed by atoms with E-state index in [1.54, 1.807) is 14.2 Å². The van der Waals surface area contributed by atoms with Crippen LogP contribution in [0.4, 0.5) is 0 Å². The first-order valence-electron chi connectivity index (χ1n) is 7.55. The largest absolute Gasteiger partial charge is 0.497 e. The maximum atomic E-state index is 5.28. The number of rotatable bonds is 5. The molecule has 118 valence electrons. The lowest BCUT2D eigenvalue weighted by atomic mass is 9.90. The van der Waals surface area contributed by atoms with E-state index in [2.05, 4.69) is 43.3 Å². The van der Waals surface area contributed by atoms with E-state index in [1.165, 1.54) is 20.9 Å². The molecule has 3 aromatic rings. The summed E-state index contributed by atoms with van der Waals surface area (Å²) in [6.45, 7) is 2.15. The average molecular weight is 324 g/mol. The van der Waals surface area contributed by atoms with Crippen LogP contribution in [0, 0.1) is 6.92 Å². The van der Waals surface area contributed by atoms with Crippen LogP contribution in [0.25, 0.3) is 0 Å². The van der Waals surface area contributed by atoms with Crippen LogP contribution >= 0.6 is 11.3 Å². The minimum atomic E-state index is 0.227. The molecule has 3 heteroatoms. The summed E-state index contributed by atoms with van der Waals surface area (Å²) in [6, 6.07) is 21.0. The fourth-order valence-corrected chi connectivity index (χ4v) is 3.76. The van der Waals surface area contributed by atoms with Crippen LogP contribution < -0.4 is 9.47 Å². The Labute approximate surface area is 141 Å². The number of hydrogen-bond acceptors (Lipinski definition) is 3. The van der Waals surface area contributed by atoms with Gasteiger partial charge in [0, 0.05) is 15.7 Å². The second kappa shape index (κ2) is 6.88. The number of methoxy groups -OCH3 is 2. The molecule has 0 aliphatic rings. The molecule has 23 heavy (non-hydrogen) atoms. The van der Waals surface area contributed by atoms with Crippen LogP contribution in [0.1, 0.15) is 26.8 Å². The van der Waals surface area contributed by atoms with Gasteiger partial charge in [-0.1, -0.05) is 24.3 Å². The summed E-state index contributed by atoms with van der Waals surface area (Å²) >= 11 is 1.84. The molecule has 0 N–H and O–H groups in total. The molecule has 0 aliphatic carbocycles. The Balaban J connectivity index is 2.05. The first-order valence-corrected chi connectivity index (χ1v) is 8.37. The lowest BCUT2D eigenvalue weighted by Crippen LogP contribution is -2.01. The molecular weight excluding hydrogens is 304 g/mol. The zero-order valence-corrected chi connectivity index (χ0v) is 14.4. The molecule has 0 aliphatic heterocycles. The van der Waals surface area contributed by atoms with Gasteiger partial charge in [-0.3, -0.25) is 0 Å². The Bertz CT molecular complexity index is 710. The highest BCUT2D eigenvalue weighted by Gasteiger charge is 2.18. The highest BCUT2D eigenvalue weighted by molar-refractivity contribution is 7.12. The van der Waals surface area contributed by atoms with Crippen molar-refractivity contribution in [1.82, 2.24) is 0 Å². The molecule has 0 atom stereocenters. The molecule has 0 radical (unpaired) electrons. The van der Waals surface area contributed by atoms with Gasteiger partial charge in [-0.15, -0.1) is 11.3 Å². The molecule has 1 heterocycles. The summed E-state index contributed by atoms with van der Waals surface area (Å²) in [5.74, 6) is 1.99. The number of benzene rings is 2. The predicted octanol–water partition coefficient (Wildman–Crippen LogP) is 5.25. The van der Waals surface area contributed by atoms with Crippen LogP contribution in [0.2, 0.25) is 0 Å². The predicted molar refractivity (Wildman–Crippen MR) is 96.0 cm³/mol. The van der Waals surface area contributed by atoms with E-state index in [-0.39, 0.29) is 5.92 Å². The first kappa shape index (κ1) is 15.6. The maximum absolute atomic E-state index is 5.28. The summed E-state index contributed by atoms with van der Waals surface area (Å²) in [7, 11) is 3.39. The zero-order valence-electron chi connectivity index (χ0n) is 13.6. The lowest BCUT2D eigenvalue weighted by Gasteiger charge is -2.17. The highest BCUT2D eigenvalue weighted by atomic mass is 32.1. The average Bonchev–Trinajstić information content (AvgIpc) is 3.02. The van der Waals surface area contributed by atoms with Gasteiger partial charge in [-0.25, -0.2) is 0 Å². The van der Waals surface area contributed by atoms with E-state index in [0.29, 0.717) is 0 Å². The van der Waals surface area contributed by atoms with Crippen molar-refractivity contribution in [2.24, 2.45) is 0 Å². The van der Waals surface area contributed by atoms with E-state index < -0.39 is 0 Å². The van der Waals surface area contributed by atoms with E-state index in [9.17, 15) is 0 Å². The van der Waals surface area contributed by atoms with Gasteiger partial charge >= 0.3 is 0 Å². The summed E-state index contributed by atoms with van der Waals surface area (Å²) in [4.78, 5) is 2.67. The molecule has 1 aromatic heterocycles. The third-order valence-electron chi connectivity index (χ3n) is 3.94. The van der Waals surface area contributed by atoms with Crippen LogP contribution in [0.15, 0.2) is 60.7 Å². The van der Waals surface area contributed by atoms with E-state index in [4.69, 9.17) is 9.47 Å². The van der Waals surface area contributed by atoms with E-state index in [0.717, 1.165) is 11.5 Å². The molecule has 0 spiro atoms. The van der Waals surface area contributed by atoms with Gasteiger partial charge in [0.1, 0.15) is 11.5 Å². The first-order chi connectivity index (χ1) is 11.2. The molecule has 2 aromatic carbocycles. The Morgan fingerprint density at radius 2 is 1.17 bits per heavy atom. The van der Waals surface area contributed by atoms with Gasteiger partial charge < -0.3 is 9.47 Å². The number of ether oxygens (including phenoxy) is 2. The molecule has 0 saturated heterocycles. The standard InChI is InChI=1S/C20H20O2S/c1-14-4-13-19(23-14)20(15-5-9-17(21-2)10-6-15)16-7-11-18(22-3)12-8-16/h4-13,20H,1-3H3. The third-order valence-corrected chi connectivity index (χ3v) is 5.01. The minimum absolute atomic E-state index is 0.227. The third kappa shape index (κ3) is 3.40. The summed E-state index contributed by atoms with van der Waals surface area (Å²) in [5, 5.41) is 0. The van der Waals surface area contributed by atoms with E-state index in [1.807, 2.05) is 35.6 Å². The fourth-order valence-electron chi connectivity index (χ4n) is 2.72. The molecule has 0 fully saturated rings. The number of hydrogen-bond donors (Lipinski definition) is 0. The quantitative estimate of drug-likeness (QED) is 0.638. The van der Waals surface area contributed by atoms with Crippen molar-refractivity contribution in [2.45, 2.75) is 12.8 Å². The topological polar surface area (TPSA) is 18.5 Å². The fraction of sp³-hybridized carbons (Fsp3) is 0.200. The van der Waals surface area contributed by atoms with Crippen molar-refractivity contribution in [3.05, 3.63) is 81.5 Å². The summed E-state index contributed by atoms with van der Waals surface area (Å²) in [6.07, 6.45) is 0.